The fourth-order valence-electron chi connectivity index (χ4n) is 4.98. The first-order valence-corrected chi connectivity index (χ1v) is 14.0. The molecule has 0 saturated carbocycles. The van der Waals surface area contributed by atoms with Gasteiger partial charge >= 0.3 is 0 Å². The molecule has 2 fully saturated rings. The van der Waals surface area contributed by atoms with Crippen molar-refractivity contribution in [1.29, 1.82) is 0 Å². The number of sulfonamides is 1. The van der Waals surface area contributed by atoms with Crippen molar-refractivity contribution < 1.29 is 17.9 Å². The van der Waals surface area contributed by atoms with Crippen LogP contribution in [0, 0.1) is 6.92 Å². The number of hydrogen-bond donors (Lipinski definition) is 0. The molecule has 1 amide bonds. The van der Waals surface area contributed by atoms with E-state index in [1.807, 2.05) is 30.9 Å². The van der Waals surface area contributed by atoms with E-state index in [0.29, 0.717) is 25.2 Å². The van der Waals surface area contributed by atoms with Gasteiger partial charge in [-0.2, -0.15) is 4.31 Å². The number of piperazine rings is 1. The number of amides is 1. The van der Waals surface area contributed by atoms with Crippen LogP contribution < -0.4 is 4.74 Å². The van der Waals surface area contributed by atoms with Gasteiger partial charge in [-0.15, -0.1) is 0 Å². The monoisotopic (exact) mass is 499 g/mol. The molecule has 0 N–H and O–H groups in total. The maximum Gasteiger partial charge on any atom is 0.254 e. The first-order valence-electron chi connectivity index (χ1n) is 12.6. The van der Waals surface area contributed by atoms with E-state index in [0.717, 1.165) is 56.6 Å². The van der Waals surface area contributed by atoms with Crippen LogP contribution in [0.15, 0.2) is 47.4 Å². The molecule has 1 atom stereocenters. The van der Waals surface area contributed by atoms with Gasteiger partial charge in [0.2, 0.25) is 10.0 Å². The van der Waals surface area contributed by atoms with E-state index in [9.17, 15) is 13.2 Å². The lowest BCUT2D eigenvalue weighted by atomic mass is 10.1. The first-order chi connectivity index (χ1) is 16.8. The summed E-state index contributed by atoms with van der Waals surface area (Å²) < 4.78 is 33.4. The van der Waals surface area contributed by atoms with Gasteiger partial charge in [0, 0.05) is 50.9 Å². The van der Waals surface area contributed by atoms with Crippen LogP contribution in [0.3, 0.4) is 0 Å². The Hall–Kier alpha value is -2.42. The van der Waals surface area contributed by atoms with Crippen LogP contribution in [-0.2, 0) is 16.4 Å². The molecule has 0 aliphatic carbocycles. The molecule has 0 spiro atoms. The van der Waals surface area contributed by atoms with Gasteiger partial charge in [0.05, 0.1) is 12.0 Å². The number of ether oxygens (including phenoxy) is 1. The Morgan fingerprint density at radius 3 is 2.37 bits per heavy atom. The lowest BCUT2D eigenvalue weighted by Gasteiger charge is -2.35. The van der Waals surface area contributed by atoms with Crippen molar-refractivity contribution in [2.75, 3.05) is 46.4 Å². The fraction of sp³-hybridized carbons (Fsp3) is 0.519. The first kappa shape index (κ1) is 25.7. The third-order valence-corrected chi connectivity index (χ3v) is 9.33. The Morgan fingerprint density at radius 2 is 1.71 bits per heavy atom. The molecule has 2 aliphatic rings. The zero-order valence-corrected chi connectivity index (χ0v) is 21.9. The van der Waals surface area contributed by atoms with E-state index in [2.05, 4.69) is 17.0 Å². The summed E-state index contributed by atoms with van der Waals surface area (Å²) in [7, 11) is -1.95. The molecule has 2 saturated heterocycles. The maximum absolute atomic E-state index is 13.4. The highest BCUT2D eigenvalue weighted by Crippen LogP contribution is 2.27. The molecule has 2 heterocycles. The number of hydrogen-bond acceptors (Lipinski definition) is 5. The van der Waals surface area contributed by atoms with Crippen molar-refractivity contribution in [1.82, 2.24) is 14.1 Å². The molecule has 0 bridgehead atoms. The van der Waals surface area contributed by atoms with Crippen LogP contribution in [0.4, 0.5) is 0 Å². The molecule has 8 heteroatoms. The van der Waals surface area contributed by atoms with Gasteiger partial charge in [0.1, 0.15) is 5.75 Å². The van der Waals surface area contributed by atoms with Gasteiger partial charge in [-0.05, 0) is 68.5 Å². The summed E-state index contributed by atoms with van der Waals surface area (Å²) in [4.78, 5) is 17.8. The number of nitrogens with zero attached hydrogens (tertiary/aromatic N) is 3. The second-order valence-electron chi connectivity index (χ2n) is 9.67. The Labute approximate surface area is 209 Å². The molecule has 35 heavy (non-hydrogen) atoms. The minimum atomic E-state index is -3.62. The third kappa shape index (κ3) is 5.88. The SMILES string of the molecule is COc1ccc(CCN2CCN(C(=O)c3cc(S(=O)(=O)N4CCCCC4C)ccc3C)CC2)cc1. The normalized spacial score (nSPS) is 20.1. The Balaban J connectivity index is 1.38. The van der Waals surface area contributed by atoms with Crippen molar-refractivity contribution in [2.24, 2.45) is 0 Å². The van der Waals surface area contributed by atoms with Crippen LogP contribution in [0.2, 0.25) is 0 Å². The molecule has 0 radical (unpaired) electrons. The van der Waals surface area contributed by atoms with Crippen molar-refractivity contribution in [2.45, 2.75) is 50.5 Å². The number of benzene rings is 2. The largest absolute Gasteiger partial charge is 0.497 e. The average molecular weight is 500 g/mol. The molecule has 2 aliphatic heterocycles. The van der Waals surface area contributed by atoms with E-state index in [4.69, 9.17) is 4.74 Å². The average Bonchev–Trinajstić information content (AvgIpc) is 2.88. The summed E-state index contributed by atoms with van der Waals surface area (Å²) in [5.74, 6) is 0.777. The molecule has 4 rings (SSSR count). The number of piperidine rings is 1. The minimum absolute atomic E-state index is 0.0137. The molecule has 190 valence electrons. The topological polar surface area (TPSA) is 70.2 Å². The van der Waals surface area contributed by atoms with E-state index >= 15 is 0 Å². The third-order valence-electron chi connectivity index (χ3n) is 7.32. The second kappa shape index (κ2) is 11.1. The quantitative estimate of drug-likeness (QED) is 0.583. The number of carbonyl (C=O) groups excluding carboxylic acids is 1. The molecular formula is C27H37N3O4S. The summed E-state index contributed by atoms with van der Waals surface area (Å²) in [5, 5.41) is 0. The smallest absolute Gasteiger partial charge is 0.254 e. The summed E-state index contributed by atoms with van der Waals surface area (Å²) in [6.07, 6.45) is 3.76. The molecule has 1 unspecified atom stereocenters. The fourth-order valence-corrected chi connectivity index (χ4v) is 6.71. The van der Waals surface area contributed by atoms with Gasteiger partial charge < -0.3 is 9.64 Å². The number of rotatable bonds is 7. The predicted molar refractivity (Wildman–Crippen MR) is 137 cm³/mol. The van der Waals surface area contributed by atoms with Crippen molar-refractivity contribution in [3.63, 3.8) is 0 Å². The summed E-state index contributed by atoms with van der Waals surface area (Å²) >= 11 is 0. The Bertz CT molecular complexity index is 1130. The molecule has 0 aromatic heterocycles. The van der Waals surface area contributed by atoms with Crippen LogP contribution in [0.1, 0.15) is 47.7 Å². The highest BCUT2D eigenvalue weighted by molar-refractivity contribution is 7.89. The molecule has 2 aromatic rings. The summed E-state index contributed by atoms with van der Waals surface area (Å²) in [6, 6.07) is 13.1. The van der Waals surface area contributed by atoms with Crippen LogP contribution in [-0.4, -0.2) is 80.9 Å². The number of carbonyl (C=O) groups is 1. The Morgan fingerprint density at radius 1 is 1.00 bits per heavy atom. The van der Waals surface area contributed by atoms with E-state index in [1.165, 1.54) is 5.56 Å². The molecular weight excluding hydrogens is 462 g/mol. The van der Waals surface area contributed by atoms with Gasteiger partial charge in [-0.25, -0.2) is 8.42 Å². The van der Waals surface area contributed by atoms with Crippen molar-refractivity contribution >= 4 is 15.9 Å². The van der Waals surface area contributed by atoms with Crippen LogP contribution >= 0.6 is 0 Å². The maximum atomic E-state index is 13.4. The summed E-state index contributed by atoms with van der Waals surface area (Å²) in [5.41, 5.74) is 2.56. The van der Waals surface area contributed by atoms with Crippen molar-refractivity contribution in [3.05, 3.63) is 59.2 Å². The van der Waals surface area contributed by atoms with E-state index in [1.54, 1.807) is 29.6 Å². The highest BCUT2D eigenvalue weighted by Gasteiger charge is 2.32. The molecule has 7 nitrogen and oxygen atoms in total. The molecule has 2 aromatic carbocycles. The zero-order valence-electron chi connectivity index (χ0n) is 21.1. The van der Waals surface area contributed by atoms with Gasteiger partial charge in [0.25, 0.3) is 5.91 Å². The minimum Gasteiger partial charge on any atom is -0.497 e. The van der Waals surface area contributed by atoms with Crippen LogP contribution in [0.5, 0.6) is 5.75 Å². The number of aryl methyl sites for hydroxylation is 1. The van der Waals surface area contributed by atoms with E-state index < -0.39 is 10.0 Å². The Kier molecular flexibility index (Phi) is 8.14. The van der Waals surface area contributed by atoms with Gasteiger partial charge in [-0.1, -0.05) is 24.6 Å². The van der Waals surface area contributed by atoms with E-state index in [-0.39, 0.29) is 16.8 Å². The lowest BCUT2D eigenvalue weighted by molar-refractivity contribution is 0.0637. The van der Waals surface area contributed by atoms with Crippen molar-refractivity contribution in [3.8, 4) is 5.75 Å². The number of methoxy groups -OCH3 is 1. The lowest BCUT2D eigenvalue weighted by Crippen LogP contribution is -2.49. The standard InChI is InChI=1S/C27H37N3O4S/c1-21-7-12-25(35(32,33)30-14-5-4-6-22(30)2)20-26(21)27(31)29-18-16-28(17-19-29)15-13-23-8-10-24(34-3)11-9-23/h7-12,20,22H,4-6,13-19H2,1-3H3. The van der Waals surface area contributed by atoms with Crippen LogP contribution in [0.25, 0.3) is 0 Å². The zero-order chi connectivity index (χ0) is 25.0. The van der Waals surface area contributed by atoms with Gasteiger partial charge in [0.15, 0.2) is 0 Å². The second-order valence-corrected chi connectivity index (χ2v) is 11.6. The predicted octanol–water partition coefficient (Wildman–Crippen LogP) is 3.57. The van der Waals surface area contributed by atoms with Gasteiger partial charge in [-0.3, -0.25) is 9.69 Å². The highest BCUT2D eigenvalue weighted by atomic mass is 32.2. The summed E-state index contributed by atoms with van der Waals surface area (Å²) in [6.45, 7) is 8.22.